The summed E-state index contributed by atoms with van der Waals surface area (Å²) in [5, 5.41) is 21.3. The Labute approximate surface area is 121 Å². The van der Waals surface area contributed by atoms with E-state index in [-0.39, 0.29) is 10.6 Å². The number of hydrogen-bond donors (Lipinski definition) is 1. The maximum atomic E-state index is 11.4. The highest BCUT2D eigenvalue weighted by Crippen LogP contribution is 2.37. The van der Waals surface area contributed by atoms with Crippen molar-refractivity contribution in [2.24, 2.45) is 0 Å². The van der Waals surface area contributed by atoms with E-state index in [4.69, 9.17) is 0 Å². The quantitative estimate of drug-likeness (QED) is 0.674. The summed E-state index contributed by atoms with van der Waals surface area (Å²) in [6, 6.07) is 3.41. The molecule has 110 valence electrons. The van der Waals surface area contributed by atoms with Gasteiger partial charge < -0.3 is 14.6 Å². The highest BCUT2D eigenvalue weighted by molar-refractivity contribution is 5.86. The molecule has 1 aromatic carbocycles. The van der Waals surface area contributed by atoms with E-state index >= 15 is 0 Å². The molecule has 2 aromatic rings. The van der Waals surface area contributed by atoms with Crippen LogP contribution in [-0.2, 0) is 6.54 Å². The van der Waals surface area contributed by atoms with Gasteiger partial charge in [-0.25, -0.2) is 4.98 Å². The second-order valence-corrected chi connectivity index (χ2v) is 5.71. The number of aryl methyl sites for hydroxylation is 1. The summed E-state index contributed by atoms with van der Waals surface area (Å²) in [5.74, 6) is 0.623. The van der Waals surface area contributed by atoms with Gasteiger partial charge in [-0.2, -0.15) is 0 Å². The van der Waals surface area contributed by atoms with E-state index in [2.05, 4.69) is 9.88 Å². The molecule has 7 heteroatoms. The van der Waals surface area contributed by atoms with E-state index < -0.39 is 6.10 Å². The predicted molar refractivity (Wildman–Crippen MR) is 77.4 cm³/mol. The van der Waals surface area contributed by atoms with Crippen molar-refractivity contribution in [3.63, 3.8) is 0 Å². The molecule has 1 fully saturated rings. The molecule has 1 unspecified atom stereocenters. The minimum Gasteiger partial charge on any atom is -0.385 e. The zero-order valence-corrected chi connectivity index (χ0v) is 11.5. The first-order valence-corrected chi connectivity index (χ1v) is 7.27. The van der Waals surface area contributed by atoms with Crippen LogP contribution in [0.5, 0.6) is 0 Å². The lowest BCUT2D eigenvalue weighted by atomic mass is 10.2. The van der Waals surface area contributed by atoms with Crippen LogP contribution < -0.4 is 4.90 Å². The molecule has 0 aliphatic carbocycles. The van der Waals surface area contributed by atoms with Crippen LogP contribution >= 0.6 is 0 Å². The highest BCUT2D eigenvalue weighted by atomic mass is 16.6. The molecule has 2 aliphatic heterocycles. The maximum Gasteiger partial charge on any atom is 0.294 e. The van der Waals surface area contributed by atoms with E-state index in [1.165, 1.54) is 0 Å². The van der Waals surface area contributed by atoms with E-state index in [1.807, 2.05) is 10.6 Å². The van der Waals surface area contributed by atoms with E-state index in [0.717, 1.165) is 31.4 Å². The number of nitrogens with zero attached hydrogens (tertiary/aromatic N) is 4. The number of aromatic nitrogens is 2. The Morgan fingerprint density at radius 2 is 2.05 bits per heavy atom. The van der Waals surface area contributed by atoms with E-state index in [9.17, 15) is 15.2 Å². The van der Waals surface area contributed by atoms with Gasteiger partial charge in [0.1, 0.15) is 17.6 Å². The Balaban J connectivity index is 1.94. The molecule has 1 saturated heterocycles. The monoisotopic (exact) mass is 288 g/mol. The third-order valence-corrected chi connectivity index (χ3v) is 4.44. The summed E-state index contributed by atoms with van der Waals surface area (Å²) in [6.45, 7) is 2.43. The van der Waals surface area contributed by atoms with Gasteiger partial charge in [0.2, 0.25) is 0 Å². The first-order valence-electron chi connectivity index (χ1n) is 7.27. The van der Waals surface area contributed by atoms with Crippen molar-refractivity contribution in [2.75, 3.05) is 18.0 Å². The van der Waals surface area contributed by atoms with Crippen molar-refractivity contribution in [1.82, 2.24) is 9.55 Å². The number of nitro benzene ring substituents is 1. The first kappa shape index (κ1) is 12.6. The molecule has 0 spiro atoms. The molecule has 2 aliphatic rings. The number of benzene rings is 1. The molecular weight excluding hydrogens is 272 g/mol. The van der Waals surface area contributed by atoms with E-state index in [1.54, 1.807) is 6.07 Å². The Kier molecular flexibility index (Phi) is 2.65. The lowest BCUT2D eigenvalue weighted by Crippen LogP contribution is -2.19. The fourth-order valence-electron chi connectivity index (χ4n) is 3.40. The summed E-state index contributed by atoms with van der Waals surface area (Å²) >= 11 is 0. The van der Waals surface area contributed by atoms with Crippen LogP contribution in [-0.4, -0.2) is 32.7 Å². The number of imidazole rings is 1. The van der Waals surface area contributed by atoms with Gasteiger partial charge in [-0.1, -0.05) is 0 Å². The average Bonchev–Trinajstić information content (AvgIpc) is 3.16. The fourth-order valence-corrected chi connectivity index (χ4v) is 3.40. The Hall–Kier alpha value is -2.15. The fraction of sp³-hybridized carbons (Fsp3) is 0.500. The molecule has 1 atom stereocenters. The van der Waals surface area contributed by atoms with Gasteiger partial charge in [-0.3, -0.25) is 10.1 Å². The van der Waals surface area contributed by atoms with E-state index in [0.29, 0.717) is 30.0 Å². The zero-order chi connectivity index (χ0) is 14.6. The molecule has 4 rings (SSSR count). The average molecular weight is 288 g/mol. The van der Waals surface area contributed by atoms with Gasteiger partial charge in [0, 0.05) is 25.7 Å². The van der Waals surface area contributed by atoms with Crippen molar-refractivity contribution >= 4 is 22.4 Å². The predicted octanol–water partition coefficient (Wildman–Crippen LogP) is 1.98. The van der Waals surface area contributed by atoms with Gasteiger partial charge in [0.25, 0.3) is 5.69 Å². The Morgan fingerprint density at radius 1 is 1.29 bits per heavy atom. The van der Waals surface area contributed by atoms with Crippen LogP contribution in [0.15, 0.2) is 12.1 Å². The number of anilines is 1. The molecule has 0 radical (unpaired) electrons. The van der Waals surface area contributed by atoms with Crippen LogP contribution in [0.1, 0.15) is 31.2 Å². The zero-order valence-electron chi connectivity index (χ0n) is 11.5. The number of hydrogen-bond acceptors (Lipinski definition) is 5. The maximum absolute atomic E-state index is 11.4. The summed E-state index contributed by atoms with van der Waals surface area (Å²) < 4.78 is 1.98. The molecule has 0 bridgehead atoms. The second-order valence-electron chi connectivity index (χ2n) is 5.71. The van der Waals surface area contributed by atoms with Gasteiger partial charge in [-0.05, 0) is 25.3 Å². The van der Waals surface area contributed by atoms with Crippen LogP contribution in [0.2, 0.25) is 0 Å². The van der Waals surface area contributed by atoms with Gasteiger partial charge in [0.05, 0.1) is 16.0 Å². The molecule has 1 aromatic heterocycles. The molecule has 3 heterocycles. The Bertz CT molecular complexity index is 733. The van der Waals surface area contributed by atoms with Crippen LogP contribution in [0.25, 0.3) is 11.0 Å². The third-order valence-electron chi connectivity index (χ3n) is 4.44. The van der Waals surface area contributed by atoms with Crippen molar-refractivity contribution in [1.29, 1.82) is 0 Å². The first-order chi connectivity index (χ1) is 10.1. The molecular formula is C14H16N4O3. The molecule has 21 heavy (non-hydrogen) atoms. The summed E-state index contributed by atoms with van der Waals surface area (Å²) in [6.07, 6.45) is 2.23. The summed E-state index contributed by atoms with van der Waals surface area (Å²) in [4.78, 5) is 17.5. The topological polar surface area (TPSA) is 84.4 Å². The second kappa shape index (κ2) is 4.42. The number of aliphatic hydroxyl groups excluding tert-OH is 1. The van der Waals surface area contributed by atoms with Crippen molar-refractivity contribution in [3.05, 3.63) is 28.1 Å². The number of fused-ring (bicyclic) bond motifs is 3. The largest absolute Gasteiger partial charge is 0.385 e. The molecule has 0 amide bonds. The summed E-state index contributed by atoms with van der Waals surface area (Å²) in [7, 11) is 0. The molecule has 1 N–H and O–H groups in total. The van der Waals surface area contributed by atoms with Crippen molar-refractivity contribution in [2.45, 2.75) is 31.9 Å². The Morgan fingerprint density at radius 3 is 2.76 bits per heavy atom. The minimum atomic E-state index is -0.563. The normalized spacial score (nSPS) is 21.2. The van der Waals surface area contributed by atoms with Crippen LogP contribution in [0, 0.1) is 10.1 Å². The highest BCUT2D eigenvalue weighted by Gasteiger charge is 2.29. The van der Waals surface area contributed by atoms with Crippen molar-refractivity contribution < 1.29 is 10.0 Å². The smallest absolute Gasteiger partial charge is 0.294 e. The summed E-state index contributed by atoms with van der Waals surface area (Å²) in [5.41, 5.74) is 2.26. The van der Waals surface area contributed by atoms with Gasteiger partial charge in [0.15, 0.2) is 0 Å². The van der Waals surface area contributed by atoms with Gasteiger partial charge >= 0.3 is 0 Å². The number of aliphatic hydroxyl groups is 1. The molecule has 0 saturated carbocycles. The molecule has 7 nitrogen and oxygen atoms in total. The minimum absolute atomic E-state index is 0.107. The SMILES string of the molecule is O=[N+]([O-])c1cc2nc3n(c2cc1N1CCCC1)CCC3O. The number of nitro groups is 1. The standard InChI is InChI=1S/C14H16N4O3/c19-13-3-6-17-10-8-11(16-4-1-2-5-16)12(18(20)21)7-9(10)15-14(13)17/h7-8,13,19H,1-6H2. The lowest BCUT2D eigenvalue weighted by molar-refractivity contribution is -0.384. The van der Waals surface area contributed by atoms with Gasteiger partial charge in [-0.15, -0.1) is 0 Å². The van der Waals surface area contributed by atoms with Crippen molar-refractivity contribution in [3.8, 4) is 0 Å². The third kappa shape index (κ3) is 1.80. The van der Waals surface area contributed by atoms with Crippen LogP contribution in [0.4, 0.5) is 11.4 Å². The lowest BCUT2D eigenvalue weighted by Gasteiger charge is -2.17. The number of rotatable bonds is 2. The van der Waals surface area contributed by atoms with Crippen LogP contribution in [0.3, 0.4) is 0 Å².